The van der Waals surface area contributed by atoms with Crippen LogP contribution in [0.2, 0.25) is 0 Å². The summed E-state index contributed by atoms with van der Waals surface area (Å²) in [7, 11) is -3.79. The Hall–Kier alpha value is 0.1000. The van der Waals surface area contributed by atoms with Gasteiger partial charge in [-0.1, -0.05) is 19.3 Å². The molecule has 3 nitrogen and oxygen atoms in total. The zero-order chi connectivity index (χ0) is 13.6. The van der Waals surface area contributed by atoms with E-state index in [-0.39, 0.29) is 11.0 Å². The van der Waals surface area contributed by atoms with Crippen LogP contribution in [0.5, 0.6) is 0 Å². The fraction of sp³-hybridized carbons (Fsp3) is 1.00. The van der Waals surface area contributed by atoms with Crippen LogP contribution in [0, 0.1) is 5.92 Å². The normalized spacial score (nSPS) is 20.2. The summed E-state index contributed by atoms with van der Waals surface area (Å²) in [6.07, 6.45) is 6.80. The highest BCUT2D eigenvalue weighted by Crippen LogP contribution is 2.24. The predicted octanol–water partition coefficient (Wildman–Crippen LogP) is 2.53. The van der Waals surface area contributed by atoms with Gasteiger partial charge in [0.2, 0.25) is 0 Å². The van der Waals surface area contributed by atoms with Crippen LogP contribution in [-0.2, 0) is 20.6 Å². The standard InChI is InChI=1S/C13H26O3S2/c1-12(2)18(15,16)10-6-9-17(14)11-13-7-4-3-5-8-13/h12-13H,3-11H2,1-2H3/t17-/m0/s1. The average molecular weight is 294 g/mol. The molecule has 0 aromatic carbocycles. The van der Waals surface area contributed by atoms with E-state index in [4.69, 9.17) is 0 Å². The van der Waals surface area contributed by atoms with E-state index in [0.29, 0.717) is 18.1 Å². The first kappa shape index (κ1) is 16.2. The second kappa shape index (κ2) is 7.63. The first-order chi connectivity index (χ1) is 8.42. The van der Waals surface area contributed by atoms with E-state index in [2.05, 4.69) is 0 Å². The van der Waals surface area contributed by atoms with Crippen LogP contribution in [-0.4, -0.2) is 35.1 Å². The van der Waals surface area contributed by atoms with Crippen molar-refractivity contribution in [3.8, 4) is 0 Å². The van der Waals surface area contributed by atoms with Gasteiger partial charge in [-0.15, -0.1) is 0 Å². The Bertz CT molecular complexity index is 354. The van der Waals surface area contributed by atoms with Gasteiger partial charge in [0.25, 0.3) is 0 Å². The maximum absolute atomic E-state index is 11.9. The first-order valence-corrected chi connectivity index (χ1v) is 10.2. The predicted molar refractivity (Wildman–Crippen MR) is 78.0 cm³/mol. The van der Waals surface area contributed by atoms with Gasteiger partial charge in [0.15, 0.2) is 9.84 Å². The summed E-state index contributed by atoms with van der Waals surface area (Å²) in [5.41, 5.74) is 0. The topological polar surface area (TPSA) is 51.2 Å². The number of hydrogen-bond acceptors (Lipinski definition) is 3. The maximum atomic E-state index is 11.9. The first-order valence-electron chi connectivity index (χ1n) is 6.98. The minimum absolute atomic E-state index is 0.182. The van der Waals surface area contributed by atoms with Crippen molar-refractivity contribution < 1.29 is 12.6 Å². The minimum atomic E-state index is -2.96. The van der Waals surface area contributed by atoms with Crippen LogP contribution in [0.25, 0.3) is 0 Å². The Labute approximate surface area is 114 Å². The zero-order valence-electron chi connectivity index (χ0n) is 11.6. The largest absolute Gasteiger partial charge is 0.260 e. The van der Waals surface area contributed by atoms with Crippen molar-refractivity contribution in [2.75, 3.05) is 17.3 Å². The second-order valence-electron chi connectivity index (χ2n) is 5.58. The molecule has 1 fully saturated rings. The zero-order valence-corrected chi connectivity index (χ0v) is 13.2. The van der Waals surface area contributed by atoms with E-state index >= 15 is 0 Å². The summed E-state index contributed by atoms with van der Waals surface area (Å²) in [4.78, 5) is 0. The van der Waals surface area contributed by atoms with Crippen LogP contribution in [0.3, 0.4) is 0 Å². The second-order valence-corrected chi connectivity index (χ2v) is 9.88. The molecule has 0 N–H and O–H groups in total. The quantitative estimate of drug-likeness (QED) is 0.725. The Morgan fingerprint density at radius 2 is 1.78 bits per heavy atom. The summed E-state index contributed by atoms with van der Waals surface area (Å²) in [5, 5.41) is -0.315. The molecule has 1 rings (SSSR count). The van der Waals surface area contributed by atoms with E-state index < -0.39 is 20.6 Å². The molecule has 1 aliphatic rings. The molecule has 0 unspecified atom stereocenters. The van der Waals surface area contributed by atoms with E-state index in [1.807, 2.05) is 0 Å². The summed E-state index contributed by atoms with van der Waals surface area (Å²) < 4.78 is 35.1. The summed E-state index contributed by atoms with van der Waals surface area (Å²) >= 11 is 0. The highest BCUT2D eigenvalue weighted by atomic mass is 32.2. The lowest BCUT2D eigenvalue weighted by atomic mass is 9.91. The lowest BCUT2D eigenvalue weighted by Gasteiger charge is -2.20. The van der Waals surface area contributed by atoms with Crippen molar-refractivity contribution in [3.63, 3.8) is 0 Å². The highest BCUT2D eigenvalue weighted by Gasteiger charge is 2.18. The molecule has 108 valence electrons. The van der Waals surface area contributed by atoms with Gasteiger partial charge in [-0.3, -0.25) is 4.21 Å². The molecule has 0 saturated heterocycles. The van der Waals surface area contributed by atoms with Crippen LogP contribution in [0.1, 0.15) is 52.4 Å². The van der Waals surface area contributed by atoms with Gasteiger partial charge in [-0.2, -0.15) is 0 Å². The van der Waals surface area contributed by atoms with Crippen molar-refractivity contribution in [2.45, 2.75) is 57.6 Å². The fourth-order valence-corrected chi connectivity index (χ4v) is 5.05. The van der Waals surface area contributed by atoms with Gasteiger partial charge in [-0.05, 0) is 39.0 Å². The minimum Gasteiger partial charge on any atom is -0.260 e. The van der Waals surface area contributed by atoms with Gasteiger partial charge < -0.3 is 0 Å². The molecule has 0 bridgehead atoms. The van der Waals surface area contributed by atoms with Crippen LogP contribution in [0.4, 0.5) is 0 Å². The summed E-state index contributed by atoms with van der Waals surface area (Å²) in [5.74, 6) is 2.12. The van der Waals surface area contributed by atoms with E-state index in [0.717, 1.165) is 5.75 Å². The number of sulfone groups is 1. The highest BCUT2D eigenvalue weighted by molar-refractivity contribution is 7.92. The SMILES string of the molecule is CC(C)S(=O)(=O)CCC[S@](=O)CC1CCCCC1. The van der Waals surface area contributed by atoms with E-state index in [1.165, 1.54) is 32.1 Å². The Kier molecular flexibility index (Phi) is 6.85. The van der Waals surface area contributed by atoms with Crippen molar-refractivity contribution >= 4 is 20.6 Å². The molecule has 0 aliphatic heterocycles. The van der Waals surface area contributed by atoms with Crippen LogP contribution < -0.4 is 0 Å². The third kappa shape index (κ3) is 5.83. The molecule has 1 saturated carbocycles. The third-order valence-electron chi connectivity index (χ3n) is 3.67. The molecule has 0 aromatic rings. The maximum Gasteiger partial charge on any atom is 0.152 e. The monoisotopic (exact) mass is 294 g/mol. The molecule has 0 heterocycles. The smallest absolute Gasteiger partial charge is 0.152 e. The van der Waals surface area contributed by atoms with Gasteiger partial charge >= 0.3 is 0 Å². The van der Waals surface area contributed by atoms with Crippen LogP contribution >= 0.6 is 0 Å². The fourth-order valence-electron chi connectivity index (χ4n) is 2.36. The average Bonchev–Trinajstić information content (AvgIpc) is 2.29. The van der Waals surface area contributed by atoms with Crippen LogP contribution in [0.15, 0.2) is 0 Å². The summed E-state index contributed by atoms with van der Waals surface area (Å²) in [6, 6.07) is 0. The molecule has 0 amide bonds. The Morgan fingerprint density at radius 3 is 2.33 bits per heavy atom. The van der Waals surface area contributed by atoms with Gasteiger partial charge in [-0.25, -0.2) is 8.42 Å². The molecule has 0 aromatic heterocycles. The Morgan fingerprint density at radius 1 is 1.17 bits per heavy atom. The molecule has 5 heteroatoms. The Balaban J connectivity index is 2.21. The number of hydrogen-bond donors (Lipinski definition) is 0. The van der Waals surface area contributed by atoms with Gasteiger partial charge in [0.05, 0.1) is 11.0 Å². The lowest BCUT2D eigenvalue weighted by Crippen LogP contribution is -2.21. The molecular formula is C13H26O3S2. The van der Waals surface area contributed by atoms with Crippen molar-refractivity contribution in [1.82, 2.24) is 0 Å². The number of rotatable bonds is 7. The molecule has 18 heavy (non-hydrogen) atoms. The third-order valence-corrected chi connectivity index (χ3v) is 7.55. The molecule has 1 atom stereocenters. The van der Waals surface area contributed by atoms with E-state index in [1.54, 1.807) is 13.8 Å². The van der Waals surface area contributed by atoms with E-state index in [9.17, 15) is 12.6 Å². The lowest BCUT2D eigenvalue weighted by molar-refractivity contribution is 0.388. The molecule has 0 spiro atoms. The molecule has 1 aliphatic carbocycles. The molecular weight excluding hydrogens is 268 g/mol. The summed E-state index contributed by atoms with van der Waals surface area (Å²) in [6.45, 7) is 3.41. The molecule has 0 radical (unpaired) electrons. The van der Waals surface area contributed by atoms with Crippen molar-refractivity contribution in [2.24, 2.45) is 5.92 Å². The van der Waals surface area contributed by atoms with Crippen molar-refractivity contribution in [1.29, 1.82) is 0 Å². The van der Waals surface area contributed by atoms with Gasteiger partial charge in [0.1, 0.15) is 0 Å². The van der Waals surface area contributed by atoms with Crippen molar-refractivity contribution in [3.05, 3.63) is 0 Å². The van der Waals surface area contributed by atoms with Gasteiger partial charge in [0, 0.05) is 22.3 Å².